The van der Waals surface area contributed by atoms with E-state index in [0.29, 0.717) is 11.7 Å². The number of aromatic nitrogens is 4. The van der Waals surface area contributed by atoms with Gasteiger partial charge in [0.1, 0.15) is 0 Å². The second-order valence-electron chi connectivity index (χ2n) is 6.15. The van der Waals surface area contributed by atoms with Crippen molar-refractivity contribution in [2.24, 2.45) is 0 Å². The van der Waals surface area contributed by atoms with Crippen molar-refractivity contribution in [1.29, 1.82) is 5.26 Å². The van der Waals surface area contributed by atoms with Gasteiger partial charge < -0.3 is 4.90 Å². The van der Waals surface area contributed by atoms with Gasteiger partial charge >= 0.3 is 0 Å². The molecule has 0 aliphatic heterocycles. The van der Waals surface area contributed by atoms with E-state index >= 15 is 0 Å². The maximum Gasteiger partial charge on any atom is 0.240 e. The standard InChI is InChI=1S/C20H20N6OS/c1-15-9-6-7-12-18(15)26-20(22-23-24-26)28-16(2)19(27)25(14-8-13-21)17-10-4-3-5-11-17/h3-7,9-12,16H,8,14H2,1-2H3/t16-/m1/s1. The second-order valence-corrected chi connectivity index (χ2v) is 7.46. The van der Waals surface area contributed by atoms with E-state index in [1.54, 1.807) is 9.58 Å². The Kier molecular flexibility index (Phi) is 6.40. The number of para-hydroxylation sites is 2. The molecule has 0 unspecified atom stereocenters. The fourth-order valence-corrected chi connectivity index (χ4v) is 3.63. The molecule has 1 amide bonds. The minimum Gasteiger partial charge on any atom is -0.310 e. The number of thioether (sulfide) groups is 1. The molecule has 0 fully saturated rings. The minimum atomic E-state index is -0.423. The molecule has 28 heavy (non-hydrogen) atoms. The Balaban J connectivity index is 1.82. The lowest BCUT2D eigenvalue weighted by Crippen LogP contribution is -2.37. The molecular formula is C20H20N6OS. The molecule has 0 spiro atoms. The van der Waals surface area contributed by atoms with E-state index < -0.39 is 5.25 Å². The Morgan fingerprint density at radius 1 is 1.21 bits per heavy atom. The first-order chi connectivity index (χ1) is 13.6. The molecule has 8 heteroatoms. The van der Waals surface area contributed by atoms with Gasteiger partial charge in [-0.25, -0.2) is 0 Å². The zero-order chi connectivity index (χ0) is 19.9. The van der Waals surface area contributed by atoms with Gasteiger partial charge in [0.15, 0.2) is 0 Å². The Labute approximate surface area is 168 Å². The molecule has 1 atom stereocenters. The van der Waals surface area contributed by atoms with Crippen LogP contribution >= 0.6 is 11.8 Å². The molecule has 0 radical (unpaired) electrons. The summed E-state index contributed by atoms with van der Waals surface area (Å²) in [5, 5.41) is 21.0. The number of anilines is 1. The molecule has 1 aromatic heterocycles. The number of carbonyl (C=O) groups is 1. The lowest BCUT2D eigenvalue weighted by Gasteiger charge is -2.24. The number of rotatable bonds is 7. The van der Waals surface area contributed by atoms with Gasteiger partial charge in [-0.05, 0) is 48.0 Å². The van der Waals surface area contributed by atoms with E-state index in [1.165, 1.54) is 11.8 Å². The fourth-order valence-electron chi connectivity index (χ4n) is 2.77. The van der Waals surface area contributed by atoms with Crippen LogP contribution in [0.5, 0.6) is 0 Å². The van der Waals surface area contributed by atoms with Crippen molar-refractivity contribution in [3.8, 4) is 11.8 Å². The lowest BCUT2D eigenvalue weighted by molar-refractivity contribution is -0.117. The van der Waals surface area contributed by atoms with Gasteiger partial charge in [-0.3, -0.25) is 4.79 Å². The zero-order valence-corrected chi connectivity index (χ0v) is 16.5. The third kappa shape index (κ3) is 4.38. The van der Waals surface area contributed by atoms with Crippen molar-refractivity contribution >= 4 is 23.4 Å². The Morgan fingerprint density at radius 2 is 1.93 bits per heavy atom. The number of hydrogen-bond donors (Lipinski definition) is 0. The van der Waals surface area contributed by atoms with Gasteiger partial charge in [-0.2, -0.15) is 9.94 Å². The molecular weight excluding hydrogens is 372 g/mol. The maximum atomic E-state index is 13.1. The highest BCUT2D eigenvalue weighted by atomic mass is 32.2. The van der Waals surface area contributed by atoms with Gasteiger partial charge in [0, 0.05) is 12.2 Å². The van der Waals surface area contributed by atoms with Crippen molar-refractivity contribution < 1.29 is 4.79 Å². The van der Waals surface area contributed by atoms with Crippen LogP contribution in [-0.2, 0) is 4.79 Å². The van der Waals surface area contributed by atoms with Gasteiger partial charge in [0.05, 0.1) is 23.4 Å². The summed E-state index contributed by atoms with van der Waals surface area (Å²) in [4.78, 5) is 14.7. The van der Waals surface area contributed by atoms with Crippen LogP contribution in [0.4, 0.5) is 5.69 Å². The van der Waals surface area contributed by atoms with Gasteiger partial charge in [-0.15, -0.1) is 5.10 Å². The van der Waals surface area contributed by atoms with Crippen molar-refractivity contribution in [3.05, 3.63) is 60.2 Å². The van der Waals surface area contributed by atoms with Crippen LogP contribution in [-0.4, -0.2) is 37.9 Å². The summed E-state index contributed by atoms with van der Waals surface area (Å²) in [6, 6.07) is 19.3. The molecule has 0 saturated heterocycles. The highest BCUT2D eigenvalue weighted by molar-refractivity contribution is 8.00. The number of tetrazole rings is 1. The molecule has 0 N–H and O–H groups in total. The Morgan fingerprint density at radius 3 is 2.64 bits per heavy atom. The number of amides is 1. The Bertz CT molecular complexity index is 982. The quantitative estimate of drug-likeness (QED) is 0.573. The number of benzene rings is 2. The van der Waals surface area contributed by atoms with E-state index in [0.717, 1.165) is 16.9 Å². The molecule has 0 aliphatic carbocycles. The number of nitriles is 1. The summed E-state index contributed by atoms with van der Waals surface area (Å²) >= 11 is 1.30. The maximum absolute atomic E-state index is 13.1. The first-order valence-corrected chi connectivity index (χ1v) is 9.74. The van der Waals surface area contributed by atoms with Crippen molar-refractivity contribution in [3.63, 3.8) is 0 Å². The average Bonchev–Trinajstić information content (AvgIpc) is 3.17. The van der Waals surface area contributed by atoms with Crippen LogP contribution in [0, 0.1) is 18.3 Å². The smallest absolute Gasteiger partial charge is 0.240 e. The monoisotopic (exact) mass is 392 g/mol. The molecule has 1 heterocycles. The second kappa shape index (κ2) is 9.15. The van der Waals surface area contributed by atoms with E-state index in [-0.39, 0.29) is 12.3 Å². The molecule has 2 aromatic carbocycles. The largest absolute Gasteiger partial charge is 0.310 e. The van der Waals surface area contributed by atoms with Crippen LogP contribution in [0.25, 0.3) is 5.69 Å². The first-order valence-electron chi connectivity index (χ1n) is 8.86. The molecule has 7 nitrogen and oxygen atoms in total. The summed E-state index contributed by atoms with van der Waals surface area (Å²) in [6.07, 6.45) is 0.263. The van der Waals surface area contributed by atoms with Crippen LogP contribution in [0.3, 0.4) is 0 Å². The predicted octanol–water partition coefficient (Wildman–Crippen LogP) is 3.40. The molecule has 3 rings (SSSR count). The number of carbonyl (C=O) groups excluding carboxylic acids is 1. The van der Waals surface area contributed by atoms with E-state index in [4.69, 9.17) is 5.26 Å². The fraction of sp³-hybridized carbons (Fsp3) is 0.250. The number of nitrogens with zero attached hydrogens (tertiary/aromatic N) is 6. The van der Waals surface area contributed by atoms with E-state index in [2.05, 4.69) is 21.6 Å². The highest BCUT2D eigenvalue weighted by Crippen LogP contribution is 2.27. The van der Waals surface area contributed by atoms with E-state index in [1.807, 2.05) is 68.4 Å². The van der Waals surface area contributed by atoms with Crippen molar-refractivity contribution in [2.45, 2.75) is 30.7 Å². The molecule has 0 saturated carbocycles. The summed E-state index contributed by atoms with van der Waals surface area (Å²) in [7, 11) is 0. The van der Waals surface area contributed by atoms with Crippen LogP contribution in [0.1, 0.15) is 18.9 Å². The average molecular weight is 392 g/mol. The number of aryl methyl sites for hydroxylation is 1. The SMILES string of the molecule is Cc1ccccc1-n1nnnc1S[C@H](C)C(=O)N(CCC#N)c1ccccc1. The normalized spacial score (nSPS) is 11.6. The predicted molar refractivity (Wildman–Crippen MR) is 108 cm³/mol. The summed E-state index contributed by atoms with van der Waals surface area (Å²) in [5.74, 6) is -0.0919. The van der Waals surface area contributed by atoms with Gasteiger partial charge in [0.25, 0.3) is 0 Å². The van der Waals surface area contributed by atoms with Crippen LogP contribution in [0.2, 0.25) is 0 Å². The van der Waals surface area contributed by atoms with Crippen molar-refractivity contribution in [1.82, 2.24) is 20.2 Å². The third-order valence-electron chi connectivity index (χ3n) is 4.20. The molecule has 0 bridgehead atoms. The number of hydrogen-bond acceptors (Lipinski definition) is 6. The van der Waals surface area contributed by atoms with Gasteiger partial charge in [0.2, 0.25) is 11.1 Å². The van der Waals surface area contributed by atoms with Crippen LogP contribution < -0.4 is 4.90 Å². The van der Waals surface area contributed by atoms with E-state index in [9.17, 15) is 4.79 Å². The third-order valence-corrected chi connectivity index (χ3v) is 5.22. The van der Waals surface area contributed by atoms with Crippen molar-refractivity contribution in [2.75, 3.05) is 11.4 Å². The summed E-state index contributed by atoms with van der Waals surface area (Å²) in [6.45, 7) is 4.15. The molecule has 142 valence electrons. The first kappa shape index (κ1) is 19.6. The van der Waals surface area contributed by atoms with Gasteiger partial charge in [-0.1, -0.05) is 48.2 Å². The zero-order valence-electron chi connectivity index (χ0n) is 15.7. The summed E-state index contributed by atoms with van der Waals surface area (Å²) in [5.41, 5.74) is 2.68. The summed E-state index contributed by atoms with van der Waals surface area (Å²) < 4.78 is 1.64. The molecule has 0 aliphatic rings. The Hall–Kier alpha value is -3.18. The van der Waals surface area contributed by atoms with Crippen LogP contribution in [0.15, 0.2) is 59.8 Å². The highest BCUT2D eigenvalue weighted by Gasteiger charge is 2.25. The lowest BCUT2D eigenvalue weighted by atomic mass is 10.2. The minimum absolute atomic E-state index is 0.0919. The molecule has 3 aromatic rings. The topological polar surface area (TPSA) is 87.7 Å².